The number of hydrogen-bond donors (Lipinski definition) is 1. The summed E-state index contributed by atoms with van der Waals surface area (Å²) in [6.07, 6.45) is 8.96. The van der Waals surface area contributed by atoms with E-state index in [2.05, 4.69) is 45.3 Å². The standard InChI is InChI=1S/C11H15N.C3H8.2C2H6/c1-4-6-7-10-9(3)8-12-11(10)5-2;1-3-2;2*1-2/h4-7,9,12H,1-2,8H2,3H3;3H2,1-2H3;2*1-2H3/b7-6-;;;. The minimum Gasteiger partial charge on any atom is -0.384 e. The van der Waals surface area contributed by atoms with Crippen molar-refractivity contribution in [2.24, 2.45) is 5.92 Å². The van der Waals surface area contributed by atoms with Gasteiger partial charge in [0.25, 0.3) is 0 Å². The van der Waals surface area contributed by atoms with Crippen molar-refractivity contribution < 1.29 is 0 Å². The molecule has 1 heterocycles. The highest BCUT2D eigenvalue weighted by Crippen LogP contribution is 2.21. The summed E-state index contributed by atoms with van der Waals surface area (Å²) in [4.78, 5) is 0. The first-order valence-electron chi connectivity index (χ1n) is 7.60. The Morgan fingerprint density at radius 2 is 1.63 bits per heavy atom. The summed E-state index contributed by atoms with van der Waals surface area (Å²) in [7, 11) is 0. The zero-order valence-electron chi connectivity index (χ0n) is 14.2. The average molecular weight is 265 g/mol. The molecule has 0 radical (unpaired) electrons. The van der Waals surface area contributed by atoms with Gasteiger partial charge in [0, 0.05) is 18.2 Å². The number of nitrogens with one attached hydrogen (secondary N) is 1. The van der Waals surface area contributed by atoms with Crippen molar-refractivity contribution >= 4 is 0 Å². The van der Waals surface area contributed by atoms with E-state index < -0.39 is 0 Å². The molecule has 0 aromatic heterocycles. The molecule has 1 nitrogen and oxygen atoms in total. The molecule has 1 unspecified atom stereocenters. The third kappa shape index (κ3) is 11.6. The first-order valence-corrected chi connectivity index (χ1v) is 7.60. The Morgan fingerprint density at radius 3 is 2.00 bits per heavy atom. The Balaban J connectivity index is -0.000000313. The van der Waals surface area contributed by atoms with Gasteiger partial charge in [0.1, 0.15) is 0 Å². The molecule has 1 aliphatic rings. The maximum absolute atomic E-state index is 3.76. The normalized spacial score (nSPS) is 16.1. The molecule has 0 amide bonds. The molecule has 0 saturated carbocycles. The van der Waals surface area contributed by atoms with Crippen LogP contribution < -0.4 is 5.32 Å². The second-order valence-electron chi connectivity index (χ2n) is 3.66. The largest absolute Gasteiger partial charge is 0.384 e. The third-order valence-corrected chi connectivity index (χ3v) is 2.06. The Kier molecular flexibility index (Phi) is 23.0. The van der Waals surface area contributed by atoms with E-state index >= 15 is 0 Å². The van der Waals surface area contributed by atoms with Gasteiger partial charge in [0.05, 0.1) is 0 Å². The lowest BCUT2D eigenvalue weighted by Gasteiger charge is -2.00. The SMILES string of the molecule is C=C/C=C\C1=C(C=C)NCC1C.CC.CC.CCC. The molecule has 1 heteroatoms. The summed E-state index contributed by atoms with van der Waals surface area (Å²) in [5.41, 5.74) is 2.48. The van der Waals surface area contributed by atoms with Gasteiger partial charge in [-0.25, -0.2) is 0 Å². The summed E-state index contributed by atoms with van der Waals surface area (Å²) < 4.78 is 0. The molecule has 0 aromatic carbocycles. The van der Waals surface area contributed by atoms with Gasteiger partial charge in [-0.05, 0) is 11.6 Å². The molecule has 0 aromatic rings. The fourth-order valence-electron chi connectivity index (χ4n) is 1.36. The van der Waals surface area contributed by atoms with E-state index in [1.165, 1.54) is 12.0 Å². The highest BCUT2D eigenvalue weighted by atomic mass is 14.9. The van der Waals surface area contributed by atoms with Gasteiger partial charge in [0.15, 0.2) is 0 Å². The zero-order valence-corrected chi connectivity index (χ0v) is 14.2. The van der Waals surface area contributed by atoms with Crippen molar-refractivity contribution in [3.63, 3.8) is 0 Å². The van der Waals surface area contributed by atoms with Crippen LogP contribution in [0.5, 0.6) is 0 Å². The maximum atomic E-state index is 3.76. The molecule has 19 heavy (non-hydrogen) atoms. The van der Waals surface area contributed by atoms with Crippen LogP contribution in [0.25, 0.3) is 0 Å². The van der Waals surface area contributed by atoms with Gasteiger partial charge in [-0.15, -0.1) is 0 Å². The fourth-order valence-corrected chi connectivity index (χ4v) is 1.36. The van der Waals surface area contributed by atoms with Gasteiger partial charge in [0.2, 0.25) is 0 Å². The molecule has 0 fully saturated rings. The van der Waals surface area contributed by atoms with E-state index in [-0.39, 0.29) is 0 Å². The van der Waals surface area contributed by atoms with Crippen LogP contribution in [0.4, 0.5) is 0 Å². The summed E-state index contributed by atoms with van der Waals surface area (Å²) in [5, 5.41) is 3.29. The monoisotopic (exact) mass is 265 g/mol. The molecular formula is C18H35N. The van der Waals surface area contributed by atoms with Crippen LogP contribution in [-0.4, -0.2) is 6.54 Å². The Bertz CT molecular complexity index is 259. The van der Waals surface area contributed by atoms with Gasteiger partial charge in [-0.2, -0.15) is 0 Å². The van der Waals surface area contributed by atoms with E-state index in [1.807, 2.05) is 39.8 Å². The maximum Gasteiger partial charge on any atom is 0.0370 e. The van der Waals surface area contributed by atoms with Crippen molar-refractivity contribution in [3.05, 3.63) is 48.7 Å². The minimum atomic E-state index is 0.578. The summed E-state index contributed by atoms with van der Waals surface area (Å²) >= 11 is 0. The Morgan fingerprint density at radius 1 is 1.16 bits per heavy atom. The predicted molar refractivity (Wildman–Crippen MR) is 92.4 cm³/mol. The third-order valence-electron chi connectivity index (χ3n) is 2.06. The number of hydrogen-bond acceptors (Lipinski definition) is 1. The zero-order chi connectivity index (χ0) is 15.7. The lowest BCUT2D eigenvalue weighted by Crippen LogP contribution is -2.08. The molecule has 0 bridgehead atoms. The van der Waals surface area contributed by atoms with Crippen LogP contribution in [0.3, 0.4) is 0 Å². The quantitative estimate of drug-likeness (QED) is 0.629. The molecule has 1 rings (SSSR count). The van der Waals surface area contributed by atoms with Crippen molar-refractivity contribution in [1.29, 1.82) is 0 Å². The van der Waals surface area contributed by atoms with E-state index in [4.69, 9.17) is 0 Å². The van der Waals surface area contributed by atoms with Crippen LogP contribution in [0, 0.1) is 5.92 Å². The van der Waals surface area contributed by atoms with Crippen LogP contribution in [-0.2, 0) is 0 Å². The molecule has 0 aliphatic carbocycles. The van der Waals surface area contributed by atoms with Crippen molar-refractivity contribution in [1.82, 2.24) is 5.32 Å². The summed E-state index contributed by atoms with van der Waals surface area (Å²) in [6.45, 7) is 22.9. The first-order chi connectivity index (χ1) is 9.21. The molecule has 0 spiro atoms. The molecule has 1 atom stereocenters. The van der Waals surface area contributed by atoms with Crippen LogP contribution in [0.1, 0.15) is 54.9 Å². The second-order valence-corrected chi connectivity index (χ2v) is 3.66. The number of rotatable bonds is 3. The van der Waals surface area contributed by atoms with E-state index in [0.29, 0.717) is 5.92 Å². The van der Waals surface area contributed by atoms with Crippen molar-refractivity contribution in [2.45, 2.75) is 54.9 Å². The van der Waals surface area contributed by atoms with Gasteiger partial charge in [-0.1, -0.05) is 86.3 Å². The van der Waals surface area contributed by atoms with Crippen molar-refractivity contribution in [2.75, 3.05) is 6.54 Å². The van der Waals surface area contributed by atoms with Crippen molar-refractivity contribution in [3.8, 4) is 0 Å². The average Bonchev–Trinajstić information content (AvgIpc) is 2.82. The summed E-state index contributed by atoms with van der Waals surface area (Å²) in [6, 6.07) is 0. The Hall–Kier alpha value is -1.24. The Labute approximate surface area is 122 Å². The molecular weight excluding hydrogens is 230 g/mol. The van der Waals surface area contributed by atoms with Crippen LogP contribution in [0.2, 0.25) is 0 Å². The molecule has 1 aliphatic heterocycles. The lowest BCUT2D eigenvalue weighted by atomic mass is 10.0. The number of allylic oxidation sites excluding steroid dienone is 4. The van der Waals surface area contributed by atoms with Crippen LogP contribution in [0.15, 0.2) is 48.7 Å². The van der Waals surface area contributed by atoms with Gasteiger partial charge in [-0.3, -0.25) is 0 Å². The lowest BCUT2D eigenvalue weighted by molar-refractivity contribution is 0.703. The van der Waals surface area contributed by atoms with Gasteiger partial charge >= 0.3 is 0 Å². The smallest absolute Gasteiger partial charge is 0.0370 e. The highest BCUT2D eigenvalue weighted by Gasteiger charge is 2.16. The summed E-state index contributed by atoms with van der Waals surface area (Å²) in [5.74, 6) is 0.578. The predicted octanol–water partition coefficient (Wildman–Crippen LogP) is 5.88. The fraction of sp³-hybridized carbons (Fsp3) is 0.556. The highest BCUT2D eigenvalue weighted by molar-refractivity contribution is 5.37. The minimum absolute atomic E-state index is 0.578. The van der Waals surface area contributed by atoms with E-state index in [0.717, 1.165) is 12.2 Å². The molecule has 0 saturated heterocycles. The molecule has 1 N–H and O–H groups in total. The second kappa shape index (κ2) is 19.1. The van der Waals surface area contributed by atoms with E-state index in [9.17, 15) is 0 Å². The van der Waals surface area contributed by atoms with Crippen LogP contribution >= 0.6 is 0 Å². The topological polar surface area (TPSA) is 12.0 Å². The van der Waals surface area contributed by atoms with E-state index in [1.54, 1.807) is 6.08 Å². The first kappa shape index (κ1) is 22.9. The van der Waals surface area contributed by atoms with Gasteiger partial charge < -0.3 is 5.32 Å². The molecule has 112 valence electrons.